The van der Waals surface area contributed by atoms with Crippen molar-refractivity contribution >= 4 is 56.2 Å². The molecule has 1 aliphatic carbocycles. The molecule has 0 radical (unpaired) electrons. The van der Waals surface area contributed by atoms with E-state index in [2.05, 4.69) is 55.7 Å². The average molecular weight is 423 g/mol. The first kappa shape index (κ1) is 18.7. The van der Waals surface area contributed by atoms with Gasteiger partial charge >= 0.3 is 0 Å². The molecular formula is C24H23ClN2OS. The minimum absolute atomic E-state index is 0.0884. The molecule has 5 rings (SSSR count). The summed E-state index contributed by atoms with van der Waals surface area (Å²) < 4.78 is 3.64. The molecule has 0 bridgehead atoms. The van der Waals surface area contributed by atoms with Crippen LogP contribution in [0.2, 0.25) is 5.02 Å². The molecule has 3 nitrogen and oxygen atoms in total. The smallest absolute Gasteiger partial charge is 0.150 e. The monoisotopic (exact) mass is 422 g/mol. The van der Waals surface area contributed by atoms with Crippen LogP contribution >= 0.6 is 22.9 Å². The Morgan fingerprint density at radius 2 is 1.86 bits per heavy atom. The Kier molecular flexibility index (Phi) is 4.28. The zero-order chi connectivity index (χ0) is 20.3. The molecule has 0 atom stereocenters. The van der Waals surface area contributed by atoms with Gasteiger partial charge in [0.25, 0.3) is 0 Å². The van der Waals surface area contributed by atoms with Crippen LogP contribution in [0.4, 0.5) is 0 Å². The standard InChI is InChI=1S/C24H23ClN2OS/c1-24(2,3)14-8-9-20-19(10-14)22-18-6-4-5-7-21(18)29-23(22)27(20)16-11-15(25)12-17(13-16)28-26/h6-13H,4-5,26H2,1-3H3. The molecule has 2 aromatic heterocycles. The maximum Gasteiger partial charge on any atom is 0.150 e. The highest BCUT2D eigenvalue weighted by Gasteiger charge is 2.21. The molecule has 0 amide bonds. The Hall–Kier alpha value is -2.27. The molecule has 0 saturated heterocycles. The van der Waals surface area contributed by atoms with E-state index in [1.165, 1.54) is 36.4 Å². The minimum Gasteiger partial charge on any atom is -0.411 e. The highest BCUT2D eigenvalue weighted by Crippen LogP contribution is 2.36. The Morgan fingerprint density at radius 1 is 1.07 bits per heavy atom. The predicted octanol–water partition coefficient (Wildman–Crippen LogP) is 5.40. The first-order valence-electron chi connectivity index (χ1n) is 9.82. The SMILES string of the molecule is CC(C)(C)c1ccc2c(c1)c1c3c(sc1n2-c1cc(Cl)cc(ON)c1)=CCCC=3. The lowest BCUT2D eigenvalue weighted by Crippen LogP contribution is -2.20. The lowest BCUT2D eigenvalue weighted by Gasteiger charge is -2.19. The quantitative estimate of drug-likeness (QED) is 0.439. The molecule has 29 heavy (non-hydrogen) atoms. The number of hydrogen-bond acceptors (Lipinski definition) is 3. The van der Waals surface area contributed by atoms with Crippen LogP contribution in [0.15, 0.2) is 36.4 Å². The van der Waals surface area contributed by atoms with E-state index in [0.29, 0.717) is 10.8 Å². The number of halogens is 1. The summed E-state index contributed by atoms with van der Waals surface area (Å²) in [5, 5.41) is 4.58. The Labute approximate surface area is 178 Å². The molecule has 148 valence electrons. The first-order valence-corrected chi connectivity index (χ1v) is 11.0. The topological polar surface area (TPSA) is 40.2 Å². The van der Waals surface area contributed by atoms with E-state index in [0.717, 1.165) is 18.5 Å². The fourth-order valence-electron chi connectivity index (χ4n) is 4.17. The van der Waals surface area contributed by atoms with E-state index in [4.69, 9.17) is 22.3 Å². The lowest BCUT2D eigenvalue weighted by atomic mass is 9.86. The van der Waals surface area contributed by atoms with Gasteiger partial charge < -0.3 is 9.40 Å². The summed E-state index contributed by atoms with van der Waals surface area (Å²) in [5.74, 6) is 5.99. The van der Waals surface area contributed by atoms with Crippen molar-refractivity contribution in [3.05, 3.63) is 56.7 Å². The molecule has 5 heteroatoms. The van der Waals surface area contributed by atoms with Crippen molar-refractivity contribution in [3.8, 4) is 11.4 Å². The third-order valence-corrected chi connectivity index (χ3v) is 7.03. The largest absolute Gasteiger partial charge is 0.411 e. The number of nitrogens with zero attached hydrogens (tertiary/aromatic N) is 1. The third kappa shape index (κ3) is 2.98. The molecule has 0 saturated carbocycles. The summed E-state index contributed by atoms with van der Waals surface area (Å²) in [7, 11) is 0. The van der Waals surface area contributed by atoms with Crippen LogP contribution in [0.3, 0.4) is 0 Å². The van der Waals surface area contributed by atoms with Gasteiger partial charge in [0.2, 0.25) is 0 Å². The maximum atomic E-state index is 6.38. The molecule has 0 fully saturated rings. The molecule has 4 aromatic rings. The Morgan fingerprint density at radius 3 is 2.62 bits per heavy atom. The van der Waals surface area contributed by atoms with E-state index in [-0.39, 0.29) is 5.41 Å². The number of hydrogen-bond donors (Lipinski definition) is 1. The molecule has 2 heterocycles. The Balaban J connectivity index is 1.96. The molecule has 2 N–H and O–H groups in total. The second-order valence-corrected chi connectivity index (χ2v) is 10.1. The zero-order valence-corrected chi connectivity index (χ0v) is 18.3. The summed E-state index contributed by atoms with van der Waals surface area (Å²) >= 11 is 8.22. The van der Waals surface area contributed by atoms with E-state index in [9.17, 15) is 0 Å². The van der Waals surface area contributed by atoms with Crippen molar-refractivity contribution in [2.24, 2.45) is 5.90 Å². The van der Waals surface area contributed by atoms with E-state index < -0.39 is 0 Å². The summed E-state index contributed by atoms with van der Waals surface area (Å²) in [4.78, 5) is 6.23. The molecule has 1 aliphatic rings. The lowest BCUT2D eigenvalue weighted by molar-refractivity contribution is 0.334. The fraction of sp³-hybridized carbons (Fsp3) is 0.250. The number of rotatable bonds is 2. The number of nitrogens with two attached hydrogens (primary N) is 1. The van der Waals surface area contributed by atoms with Crippen molar-refractivity contribution in [2.45, 2.75) is 39.0 Å². The molecular weight excluding hydrogens is 400 g/mol. The Bertz CT molecular complexity index is 1390. The highest BCUT2D eigenvalue weighted by atomic mass is 35.5. The van der Waals surface area contributed by atoms with Gasteiger partial charge in [-0.15, -0.1) is 11.3 Å². The number of aromatic nitrogens is 1. The van der Waals surface area contributed by atoms with Crippen molar-refractivity contribution in [1.29, 1.82) is 0 Å². The minimum atomic E-state index is 0.0884. The van der Waals surface area contributed by atoms with Crippen molar-refractivity contribution in [2.75, 3.05) is 0 Å². The summed E-state index contributed by atoms with van der Waals surface area (Å²) in [6.07, 6.45) is 6.93. The van der Waals surface area contributed by atoms with Gasteiger partial charge in [0.1, 0.15) is 10.6 Å². The normalized spacial score (nSPS) is 14.0. The van der Waals surface area contributed by atoms with Crippen molar-refractivity contribution in [1.82, 2.24) is 4.57 Å². The van der Waals surface area contributed by atoms with Crippen LogP contribution in [0.1, 0.15) is 39.2 Å². The van der Waals surface area contributed by atoms with Crippen LogP contribution in [0, 0.1) is 0 Å². The van der Waals surface area contributed by atoms with Gasteiger partial charge in [-0.25, -0.2) is 0 Å². The molecule has 2 aromatic carbocycles. The van der Waals surface area contributed by atoms with Gasteiger partial charge in [-0.1, -0.05) is 50.6 Å². The van der Waals surface area contributed by atoms with E-state index >= 15 is 0 Å². The predicted molar refractivity (Wildman–Crippen MR) is 125 cm³/mol. The van der Waals surface area contributed by atoms with Crippen LogP contribution < -0.4 is 20.5 Å². The maximum absolute atomic E-state index is 6.38. The zero-order valence-electron chi connectivity index (χ0n) is 16.8. The fourth-order valence-corrected chi connectivity index (χ4v) is 5.71. The van der Waals surface area contributed by atoms with Crippen molar-refractivity contribution in [3.63, 3.8) is 0 Å². The number of thiophene rings is 1. The van der Waals surface area contributed by atoms with Gasteiger partial charge in [0.05, 0.1) is 11.2 Å². The first-order chi connectivity index (χ1) is 13.9. The van der Waals surface area contributed by atoms with Gasteiger partial charge in [0, 0.05) is 32.5 Å². The van der Waals surface area contributed by atoms with Crippen LogP contribution in [0.25, 0.3) is 39.0 Å². The van der Waals surface area contributed by atoms with Crippen LogP contribution in [-0.2, 0) is 5.41 Å². The van der Waals surface area contributed by atoms with Gasteiger partial charge in [0.15, 0.2) is 0 Å². The van der Waals surface area contributed by atoms with Crippen LogP contribution in [-0.4, -0.2) is 4.57 Å². The van der Waals surface area contributed by atoms with Gasteiger partial charge in [-0.2, -0.15) is 5.90 Å². The van der Waals surface area contributed by atoms with Crippen LogP contribution in [0.5, 0.6) is 5.75 Å². The van der Waals surface area contributed by atoms with E-state index in [1.807, 2.05) is 23.5 Å². The van der Waals surface area contributed by atoms with E-state index in [1.54, 1.807) is 6.07 Å². The molecule has 0 spiro atoms. The molecule has 0 aliphatic heterocycles. The van der Waals surface area contributed by atoms with Gasteiger partial charge in [-0.05, 0) is 47.2 Å². The second kappa shape index (κ2) is 6.63. The number of fused-ring (bicyclic) bond motifs is 5. The summed E-state index contributed by atoms with van der Waals surface area (Å²) in [6, 6.07) is 12.4. The molecule has 0 unspecified atom stereocenters. The number of benzene rings is 2. The average Bonchev–Trinajstić information content (AvgIpc) is 3.20. The summed E-state index contributed by atoms with van der Waals surface area (Å²) in [5.41, 5.74) is 3.55. The third-order valence-electron chi connectivity index (χ3n) is 5.63. The second-order valence-electron chi connectivity index (χ2n) is 8.63. The highest BCUT2D eigenvalue weighted by molar-refractivity contribution is 7.17. The summed E-state index contributed by atoms with van der Waals surface area (Å²) in [6.45, 7) is 6.77. The van der Waals surface area contributed by atoms with Crippen molar-refractivity contribution < 1.29 is 4.84 Å². The van der Waals surface area contributed by atoms with Gasteiger partial charge in [-0.3, -0.25) is 0 Å².